The van der Waals surface area contributed by atoms with Gasteiger partial charge in [0.2, 0.25) is 0 Å². The number of alkyl halides is 2. The highest BCUT2D eigenvalue weighted by atomic mass is 35.5. The summed E-state index contributed by atoms with van der Waals surface area (Å²) in [5.74, 6) is -0.725. The van der Waals surface area contributed by atoms with E-state index in [1.165, 1.54) is 0 Å². The maximum absolute atomic E-state index is 11.5. The van der Waals surface area contributed by atoms with E-state index >= 15 is 0 Å². The van der Waals surface area contributed by atoms with Gasteiger partial charge in [-0.1, -0.05) is 0 Å². The van der Waals surface area contributed by atoms with Crippen LogP contribution in [-0.2, 0) is 9.53 Å². The van der Waals surface area contributed by atoms with Gasteiger partial charge in [-0.2, -0.15) is 0 Å². The van der Waals surface area contributed by atoms with Crippen molar-refractivity contribution >= 4 is 29.2 Å². The average Bonchev–Trinajstić information content (AvgIpc) is 2.01. The third-order valence-electron chi connectivity index (χ3n) is 2.39. The first-order valence-corrected chi connectivity index (χ1v) is 5.64. The normalized spacial score (nSPS) is 38.0. The first kappa shape index (κ1) is 12.1. The first-order chi connectivity index (χ1) is 6.56. The largest absolute Gasteiger partial charge is 0.466 e. The molecule has 0 aliphatic heterocycles. The Labute approximate surface area is 93.9 Å². The Morgan fingerprint density at radius 3 is 2.36 bits per heavy atom. The van der Waals surface area contributed by atoms with E-state index in [0.29, 0.717) is 19.4 Å². The topological polar surface area (TPSA) is 52.3 Å². The number of esters is 1. The molecule has 0 saturated heterocycles. The van der Waals surface area contributed by atoms with E-state index in [-0.39, 0.29) is 22.8 Å². The molecule has 2 N–H and O–H groups in total. The van der Waals surface area contributed by atoms with Gasteiger partial charge in [-0.25, -0.2) is 0 Å². The van der Waals surface area contributed by atoms with E-state index < -0.39 is 5.92 Å². The summed E-state index contributed by atoms with van der Waals surface area (Å²) < 4.78 is 4.91. The number of carbonyl (C=O) groups is 1. The van der Waals surface area contributed by atoms with Crippen LogP contribution in [0.5, 0.6) is 0 Å². The Balaban J connectivity index is 2.62. The summed E-state index contributed by atoms with van der Waals surface area (Å²) in [7, 11) is 0. The lowest BCUT2D eigenvalue weighted by molar-refractivity contribution is -0.148. The quantitative estimate of drug-likeness (QED) is 0.587. The zero-order chi connectivity index (χ0) is 10.7. The van der Waals surface area contributed by atoms with E-state index in [2.05, 4.69) is 0 Å². The molecule has 3 nitrogen and oxygen atoms in total. The Morgan fingerprint density at radius 2 is 1.93 bits per heavy atom. The third-order valence-corrected chi connectivity index (χ3v) is 3.29. The van der Waals surface area contributed by atoms with Crippen LogP contribution in [0.2, 0.25) is 0 Å². The van der Waals surface area contributed by atoms with Crippen molar-refractivity contribution < 1.29 is 9.53 Å². The zero-order valence-electron chi connectivity index (χ0n) is 8.08. The monoisotopic (exact) mass is 239 g/mol. The molecule has 5 heteroatoms. The molecule has 0 heterocycles. The standard InChI is InChI=1S/C9H15Cl2NO2/c1-2-14-9(13)8-6(10)3-5(12)4-7(8)11/h5-8H,2-4,12H2,1H3. The second-order valence-electron chi connectivity index (χ2n) is 3.54. The maximum Gasteiger partial charge on any atom is 0.311 e. The average molecular weight is 240 g/mol. The summed E-state index contributed by atoms with van der Waals surface area (Å²) in [6.07, 6.45) is 1.24. The molecule has 1 saturated carbocycles. The number of nitrogens with two attached hydrogens (primary N) is 1. The van der Waals surface area contributed by atoms with E-state index in [4.69, 9.17) is 33.7 Å². The predicted octanol–water partition coefficient (Wildman–Crippen LogP) is 1.50. The Bertz CT molecular complexity index is 201. The van der Waals surface area contributed by atoms with Gasteiger partial charge < -0.3 is 10.5 Å². The first-order valence-electron chi connectivity index (χ1n) is 4.76. The van der Waals surface area contributed by atoms with Crippen LogP contribution < -0.4 is 5.73 Å². The predicted molar refractivity (Wildman–Crippen MR) is 56.6 cm³/mol. The highest BCUT2D eigenvalue weighted by Crippen LogP contribution is 2.32. The van der Waals surface area contributed by atoms with Gasteiger partial charge in [0.15, 0.2) is 0 Å². The van der Waals surface area contributed by atoms with Crippen LogP contribution in [-0.4, -0.2) is 29.4 Å². The van der Waals surface area contributed by atoms with Crippen LogP contribution in [0.4, 0.5) is 0 Å². The van der Waals surface area contributed by atoms with E-state index in [1.807, 2.05) is 0 Å². The molecule has 1 aliphatic carbocycles. The molecule has 14 heavy (non-hydrogen) atoms. The fourth-order valence-corrected chi connectivity index (χ4v) is 2.82. The van der Waals surface area contributed by atoms with Crippen molar-refractivity contribution in [2.75, 3.05) is 6.61 Å². The minimum absolute atomic E-state index is 0.00863. The van der Waals surface area contributed by atoms with Crippen LogP contribution in [0.15, 0.2) is 0 Å². The number of hydrogen-bond acceptors (Lipinski definition) is 3. The summed E-state index contributed by atoms with van der Waals surface area (Å²) in [6, 6.07) is -0.00863. The van der Waals surface area contributed by atoms with Gasteiger partial charge in [-0.3, -0.25) is 4.79 Å². The molecule has 1 rings (SSSR count). The fraction of sp³-hybridized carbons (Fsp3) is 0.889. The molecule has 2 unspecified atom stereocenters. The molecule has 0 bridgehead atoms. The smallest absolute Gasteiger partial charge is 0.311 e. The second-order valence-corrected chi connectivity index (χ2v) is 4.66. The zero-order valence-corrected chi connectivity index (χ0v) is 9.59. The molecule has 82 valence electrons. The lowest BCUT2D eigenvalue weighted by Gasteiger charge is -2.33. The highest BCUT2D eigenvalue weighted by molar-refractivity contribution is 6.26. The summed E-state index contributed by atoms with van der Waals surface area (Å²) in [5, 5.41) is -0.611. The van der Waals surface area contributed by atoms with Crippen LogP contribution in [0.1, 0.15) is 19.8 Å². The lowest BCUT2D eigenvalue weighted by atomic mass is 9.85. The van der Waals surface area contributed by atoms with Crippen molar-refractivity contribution in [2.45, 2.75) is 36.6 Å². The van der Waals surface area contributed by atoms with Gasteiger partial charge in [-0.05, 0) is 19.8 Å². The summed E-state index contributed by atoms with van der Waals surface area (Å²) in [6.45, 7) is 2.12. The molecule has 0 aromatic rings. The van der Waals surface area contributed by atoms with Crippen LogP contribution >= 0.6 is 23.2 Å². The summed E-state index contributed by atoms with van der Waals surface area (Å²) >= 11 is 12.1. The molecule has 2 atom stereocenters. The lowest BCUT2D eigenvalue weighted by Crippen LogP contribution is -2.45. The van der Waals surface area contributed by atoms with Gasteiger partial charge in [0.1, 0.15) is 0 Å². The van der Waals surface area contributed by atoms with Gasteiger partial charge >= 0.3 is 5.97 Å². The number of hydrogen-bond donors (Lipinski definition) is 1. The van der Waals surface area contributed by atoms with Gasteiger partial charge in [0.25, 0.3) is 0 Å². The number of rotatable bonds is 2. The molecular formula is C9H15Cl2NO2. The number of halogens is 2. The molecule has 1 fully saturated rings. The third kappa shape index (κ3) is 2.75. The van der Waals surface area contributed by atoms with Crippen molar-refractivity contribution in [3.8, 4) is 0 Å². The van der Waals surface area contributed by atoms with Gasteiger partial charge in [0.05, 0.1) is 12.5 Å². The van der Waals surface area contributed by atoms with Gasteiger partial charge in [-0.15, -0.1) is 23.2 Å². The molecule has 0 spiro atoms. The molecule has 0 aromatic heterocycles. The molecule has 0 amide bonds. The Kier molecular flexibility index (Phi) is 4.48. The maximum atomic E-state index is 11.5. The van der Waals surface area contributed by atoms with E-state index in [0.717, 1.165) is 0 Å². The van der Waals surface area contributed by atoms with Crippen molar-refractivity contribution in [3.63, 3.8) is 0 Å². The van der Waals surface area contributed by atoms with Crippen LogP contribution in [0.3, 0.4) is 0 Å². The molecular weight excluding hydrogens is 225 g/mol. The van der Waals surface area contributed by atoms with Crippen molar-refractivity contribution in [3.05, 3.63) is 0 Å². The second kappa shape index (κ2) is 5.19. The Morgan fingerprint density at radius 1 is 1.43 bits per heavy atom. The fourth-order valence-electron chi connectivity index (χ4n) is 1.73. The molecule has 0 aromatic carbocycles. The Hall–Kier alpha value is 0.01000. The highest BCUT2D eigenvalue weighted by Gasteiger charge is 2.40. The minimum Gasteiger partial charge on any atom is -0.466 e. The SMILES string of the molecule is CCOC(=O)C1C(Cl)CC(N)CC1Cl. The number of carbonyl (C=O) groups excluding carboxylic acids is 1. The van der Waals surface area contributed by atoms with Crippen molar-refractivity contribution in [1.29, 1.82) is 0 Å². The van der Waals surface area contributed by atoms with Gasteiger partial charge in [0, 0.05) is 16.8 Å². The summed E-state index contributed by atoms with van der Waals surface area (Å²) in [5.41, 5.74) is 5.73. The minimum atomic E-state index is -0.418. The van der Waals surface area contributed by atoms with E-state index in [1.54, 1.807) is 6.92 Å². The number of ether oxygens (including phenoxy) is 1. The van der Waals surface area contributed by atoms with Crippen LogP contribution in [0.25, 0.3) is 0 Å². The van der Waals surface area contributed by atoms with Crippen molar-refractivity contribution in [1.82, 2.24) is 0 Å². The molecule has 1 aliphatic rings. The van der Waals surface area contributed by atoms with E-state index in [9.17, 15) is 4.79 Å². The van der Waals surface area contributed by atoms with Crippen LogP contribution in [0, 0.1) is 5.92 Å². The van der Waals surface area contributed by atoms with Crippen molar-refractivity contribution in [2.24, 2.45) is 11.7 Å². The molecule has 0 radical (unpaired) electrons. The summed E-state index contributed by atoms with van der Waals surface area (Å²) in [4.78, 5) is 11.5.